The molecule has 1 saturated carbocycles. The molecule has 0 saturated heterocycles. The average molecular weight is 334 g/mol. The molecule has 1 fully saturated rings. The molecule has 1 atom stereocenters. The van der Waals surface area contributed by atoms with E-state index >= 15 is 0 Å². The van der Waals surface area contributed by atoms with Crippen molar-refractivity contribution in [1.29, 1.82) is 0 Å². The maximum absolute atomic E-state index is 10.0. The first-order chi connectivity index (χ1) is 8.70. The SMILES string of the molecule is COc1sc(CNCC(O)C2CCCC2)cc1Br. The van der Waals surface area contributed by atoms with Crippen LogP contribution in [0.1, 0.15) is 30.6 Å². The molecule has 0 amide bonds. The molecular weight excluding hydrogens is 314 g/mol. The first kappa shape index (κ1) is 14.3. The Morgan fingerprint density at radius 1 is 1.56 bits per heavy atom. The van der Waals surface area contributed by atoms with E-state index in [1.54, 1.807) is 18.4 Å². The number of methoxy groups -OCH3 is 1. The molecular formula is C13H20BrNO2S. The summed E-state index contributed by atoms with van der Waals surface area (Å²) in [6, 6.07) is 2.07. The zero-order valence-corrected chi connectivity index (χ0v) is 13.0. The van der Waals surface area contributed by atoms with E-state index in [-0.39, 0.29) is 6.10 Å². The largest absolute Gasteiger partial charge is 0.486 e. The third-order valence-electron chi connectivity index (χ3n) is 3.49. The zero-order valence-electron chi connectivity index (χ0n) is 10.6. The van der Waals surface area contributed by atoms with E-state index in [1.165, 1.54) is 30.6 Å². The van der Waals surface area contributed by atoms with Crippen LogP contribution >= 0.6 is 27.3 Å². The fourth-order valence-electron chi connectivity index (χ4n) is 2.48. The molecule has 102 valence electrons. The lowest BCUT2D eigenvalue weighted by molar-refractivity contribution is 0.109. The van der Waals surface area contributed by atoms with E-state index in [4.69, 9.17) is 4.74 Å². The summed E-state index contributed by atoms with van der Waals surface area (Å²) in [6.07, 6.45) is 4.72. The lowest BCUT2D eigenvalue weighted by Crippen LogP contribution is -2.31. The number of ether oxygens (including phenoxy) is 1. The lowest BCUT2D eigenvalue weighted by Gasteiger charge is -2.17. The highest BCUT2D eigenvalue weighted by atomic mass is 79.9. The summed E-state index contributed by atoms with van der Waals surface area (Å²) < 4.78 is 6.23. The van der Waals surface area contributed by atoms with Crippen molar-refractivity contribution in [3.8, 4) is 5.06 Å². The second-order valence-corrected chi connectivity index (χ2v) is 6.75. The Kier molecular flexibility index (Phi) is 5.48. The smallest absolute Gasteiger partial charge is 0.188 e. The van der Waals surface area contributed by atoms with Gasteiger partial charge in [0.05, 0.1) is 17.7 Å². The molecule has 0 radical (unpaired) electrons. The molecule has 0 spiro atoms. The molecule has 1 unspecified atom stereocenters. The molecule has 0 aromatic carbocycles. The Balaban J connectivity index is 1.73. The number of rotatable bonds is 6. The van der Waals surface area contributed by atoms with Crippen LogP contribution < -0.4 is 10.1 Å². The number of halogens is 1. The number of aliphatic hydroxyl groups excluding tert-OH is 1. The van der Waals surface area contributed by atoms with Crippen molar-refractivity contribution in [2.45, 2.75) is 38.3 Å². The molecule has 0 bridgehead atoms. The van der Waals surface area contributed by atoms with E-state index in [0.717, 1.165) is 16.1 Å². The highest BCUT2D eigenvalue weighted by Gasteiger charge is 2.22. The van der Waals surface area contributed by atoms with Crippen LogP contribution in [0, 0.1) is 5.92 Å². The van der Waals surface area contributed by atoms with E-state index < -0.39 is 0 Å². The van der Waals surface area contributed by atoms with E-state index in [0.29, 0.717) is 12.5 Å². The van der Waals surface area contributed by atoms with Gasteiger partial charge in [0.2, 0.25) is 0 Å². The van der Waals surface area contributed by atoms with Gasteiger partial charge in [-0.15, -0.1) is 11.3 Å². The van der Waals surface area contributed by atoms with Gasteiger partial charge in [0.25, 0.3) is 0 Å². The van der Waals surface area contributed by atoms with E-state index in [1.807, 2.05) is 0 Å². The lowest BCUT2D eigenvalue weighted by atomic mass is 10.0. The van der Waals surface area contributed by atoms with Crippen molar-refractivity contribution in [1.82, 2.24) is 5.32 Å². The summed E-state index contributed by atoms with van der Waals surface area (Å²) in [5.41, 5.74) is 0. The molecule has 1 heterocycles. The molecule has 1 aromatic rings. The van der Waals surface area contributed by atoms with Crippen LogP contribution in [0.4, 0.5) is 0 Å². The van der Waals surface area contributed by atoms with Gasteiger partial charge in [0.15, 0.2) is 5.06 Å². The first-order valence-corrected chi connectivity index (χ1v) is 8.02. The third kappa shape index (κ3) is 3.70. The Bertz CT molecular complexity index is 377. The normalized spacial score (nSPS) is 18.2. The van der Waals surface area contributed by atoms with E-state index in [9.17, 15) is 5.11 Å². The molecule has 2 N–H and O–H groups in total. The predicted molar refractivity (Wildman–Crippen MR) is 78.2 cm³/mol. The van der Waals surface area contributed by atoms with Crippen molar-refractivity contribution in [3.05, 3.63) is 15.4 Å². The second-order valence-electron chi connectivity index (χ2n) is 4.80. The van der Waals surface area contributed by atoms with Crippen LogP contribution in [-0.2, 0) is 6.54 Å². The van der Waals surface area contributed by atoms with Gasteiger partial charge in [-0.3, -0.25) is 0 Å². The summed E-state index contributed by atoms with van der Waals surface area (Å²) in [5, 5.41) is 14.3. The Labute approximate surface area is 121 Å². The summed E-state index contributed by atoms with van der Waals surface area (Å²) in [5.74, 6) is 0.502. The maximum atomic E-state index is 10.0. The van der Waals surface area contributed by atoms with Gasteiger partial charge in [-0.1, -0.05) is 12.8 Å². The minimum atomic E-state index is -0.196. The van der Waals surface area contributed by atoms with Gasteiger partial charge in [0, 0.05) is 18.0 Å². The van der Waals surface area contributed by atoms with Crippen LogP contribution in [0.25, 0.3) is 0 Å². The van der Waals surface area contributed by atoms with Crippen molar-refractivity contribution in [3.63, 3.8) is 0 Å². The number of thiophene rings is 1. The minimum absolute atomic E-state index is 0.196. The molecule has 1 aliphatic carbocycles. The number of hydrogen-bond donors (Lipinski definition) is 2. The molecule has 1 aliphatic rings. The van der Waals surface area contributed by atoms with Gasteiger partial charge in [-0.25, -0.2) is 0 Å². The van der Waals surface area contributed by atoms with Crippen molar-refractivity contribution in [2.24, 2.45) is 5.92 Å². The van der Waals surface area contributed by atoms with Gasteiger partial charge in [0.1, 0.15) is 0 Å². The van der Waals surface area contributed by atoms with Crippen LogP contribution in [0.2, 0.25) is 0 Å². The van der Waals surface area contributed by atoms with Gasteiger partial charge < -0.3 is 15.2 Å². The highest BCUT2D eigenvalue weighted by molar-refractivity contribution is 9.10. The standard InChI is InChI=1S/C13H20BrNO2S/c1-17-13-11(14)6-10(18-13)7-15-8-12(16)9-4-2-3-5-9/h6,9,12,15-16H,2-5,7-8H2,1H3. The van der Waals surface area contributed by atoms with Crippen molar-refractivity contribution >= 4 is 27.3 Å². The Morgan fingerprint density at radius 2 is 2.28 bits per heavy atom. The summed E-state index contributed by atoms with van der Waals surface area (Å²) in [4.78, 5) is 1.22. The van der Waals surface area contributed by atoms with E-state index in [2.05, 4.69) is 27.3 Å². The fraction of sp³-hybridized carbons (Fsp3) is 0.692. The van der Waals surface area contributed by atoms with Crippen LogP contribution in [0.5, 0.6) is 5.06 Å². The zero-order chi connectivity index (χ0) is 13.0. The van der Waals surface area contributed by atoms with Crippen LogP contribution in [-0.4, -0.2) is 24.9 Å². The van der Waals surface area contributed by atoms with Crippen LogP contribution in [0.3, 0.4) is 0 Å². The molecule has 0 aliphatic heterocycles. The third-order valence-corrected chi connectivity index (χ3v) is 5.44. The maximum Gasteiger partial charge on any atom is 0.188 e. The van der Waals surface area contributed by atoms with Gasteiger partial charge in [-0.2, -0.15) is 0 Å². The topological polar surface area (TPSA) is 41.5 Å². The predicted octanol–water partition coefficient (Wildman–Crippen LogP) is 3.16. The van der Waals surface area contributed by atoms with Crippen LogP contribution in [0.15, 0.2) is 10.5 Å². The van der Waals surface area contributed by atoms with Crippen molar-refractivity contribution in [2.75, 3.05) is 13.7 Å². The summed E-state index contributed by atoms with van der Waals surface area (Å²) in [6.45, 7) is 1.47. The number of nitrogens with one attached hydrogen (secondary N) is 1. The second kappa shape index (κ2) is 6.89. The molecule has 1 aromatic heterocycles. The number of aliphatic hydroxyl groups is 1. The molecule has 5 heteroatoms. The quantitative estimate of drug-likeness (QED) is 0.840. The minimum Gasteiger partial charge on any atom is -0.486 e. The highest BCUT2D eigenvalue weighted by Crippen LogP contribution is 2.34. The molecule has 2 rings (SSSR count). The van der Waals surface area contributed by atoms with Gasteiger partial charge >= 0.3 is 0 Å². The fourth-order valence-corrected chi connectivity index (χ4v) is 4.14. The Hall–Kier alpha value is -0.100. The monoisotopic (exact) mass is 333 g/mol. The van der Waals surface area contributed by atoms with Crippen molar-refractivity contribution < 1.29 is 9.84 Å². The Morgan fingerprint density at radius 3 is 2.89 bits per heavy atom. The number of hydrogen-bond acceptors (Lipinski definition) is 4. The molecule has 18 heavy (non-hydrogen) atoms. The summed E-state index contributed by atoms with van der Waals surface area (Å²) >= 11 is 5.09. The first-order valence-electron chi connectivity index (χ1n) is 6.41. The average Bonchev–Trinajstić information content (AvgIpc) is 2.98. The molecule has 3 nitrogen and oxygen atoms in total. The van der Waals surface area contributed by atoms with Gasteiger partial charge in [-0.05, 0) is 40.8 Å². The summed E-state index contributed by atoms with van der Waals surface area (Å²) in [7, 11) is 1.68.